The average Bonchev–Trinajstić information content (AvgIpc) is 3.02. The Morgan fingerprint density at radius 3 is 2.76 bits per heavy atom. The molecule has 1 aliphatic carbocycles. The van der Waals surface area contributed by atoms with Crippen LogP contribution in [0.2, 0.25) is 0 Å². The monoisotopic (exact) mass is 342 g/mol. The van der Waals surface area contributed by atoms with Gasteiger partial charge in [-0.3, -0.25) is 4.68 Å². The molecule has 0 saturated heterocycles. The van der Waals surface area contributed by atoms with Crippen LogP contribution in [0.5, 0.6) is 0 Å². The van der Waals surface area contributed by atoms with E-state index in [1.54, 1.807) is 4.68 Å². The van der Waals surface area contributed by atoms with E-state index in [1.807, 2.05) is 33.0 Å². The lowest BCUT2D eigenvalue weighted by Gasteiger charge is -2.19. The Hall–Kier alpha value is -2.34. The quantitative estimate of drug-likeness (QED) is 0.796. The zero-order valence-electron chi connectivity index (χ0n) is 15.2. The summed E-state index contributed by atoms with van der Waals surface area (Å²) in [7, 11) is 1.85. The van der Waals surface area contributed by atoms with Crippen LogP contribution in [-0.2, 0) is 13.5 Å². The number of aromatic nitrogens is 2. The summed E-state index contributed by atoms with van der Waals surface area (Å²) in [5, 5.41) is 20.5. The van der Waals surface area contributed by atoms with Crippen molar-refractivity contribution in [3.05, 3.63) is 52.3 Å². The minimum Gasteiger partial charge on any atom is -0.386 e. The second-order valence-corrected chi connectivity index (χ2v) is 6.88. The van der Waals surface area contributed by atoms with Crippen molar-refractivity contribution in [1.29, 1.82) is 0 Å². The van der Waals surface area contributed by atoms with Gasteiger partial charge in [0.15, 0.2) is 0 Å². The SMILES string of the molecule is Cc1nn(C)c(C)c1C(O)CNC(=O)N[C@@H]1Cc2ccccc2[C@@H]1C. The van der Waals surface area contributed by atoms with Crippen LogP contribution in [0.25, 0.3) is 0 Å². The number of carbonyl (C=O) groups is 1. The van der Waals surface area contributed by atoms with E-state index in [1.165, 1.54) is 11.1 Å². The summed E-state index contributed by atoms with van der Waals surface area (Å²) >= 11 is 0. The van der Waals surface area contributed by atoms with Gasteiger partial charge in [-0.2, -0.15) is 5.10 Å². The number of fused-ring (bicyclic) bond motifs is 1. The second kappa shape index (κ2) is 6.88. The van der Waals surface area contributed by atoms with E-state index in [2.05, 4.69) is 34.8 Å². The molecule has 3 atom stereocenters. The lowest BCUT2D eigenvalue weighted by Crippen LogP contribution is -2.44. The maximum Gasteiger partial charge on any atom is 0.315 e. The largest absolute Gasteiger partial charge is 0.386 e. The molecule has 6 nitrogen and oxygen atoms in total. The zero-order chi connectivity index (χ0) is 18.1. The number of hydrogen-bond acceptors (Lipinski definition) is 3. The van der Waals surface area contributed by atoms with Crippen LogP contribution in [0, 0.1) is 13.8 Å². The Kier molecular flexibility index (Phi) is 4.81. The van der Waals surface area contributed by atoms with Gasteiger partial charge in [-0.15, -0.1) is 0 Å². The van der Waals surface area contributed by atoms with Gasteiger partial charge in [-0.25, -0.2) is 4.79 Å². The van der Waals surface area contributed by atoms with E-state index in [0.717, 1.165) is 23.4 Å². The van der Waals surface area contributed by atoms with E-state index >= 15 is 0 Å². The van der Waals surface area contributed by atoms with E-state index < -0.39 is 6.10 Å². The highest BCUT2D eigenvalue weighted by Crippen LogP contribution is 2.32. The van der Waals surface area contributed by atoms with Crippen LogP contribution in [0.1, 0.15) is 47.0 Å². The molecule has 0 spiro atoms. The molecule has 1 heterocycles. The third-order valence-corrected chi connectivity index (χ3v) is 5.26. The number of hydrogen-bond donors (Lipinski definition) is 3. The Labute approximate surface area is 148 Å². The second-order valence-electron chi connectivity index (χ2n) is 6.88. The number of amides is 2. The Balaban J connectivity index is 1.55. The maximum absolute atomic E-state index is 12.3. The fourth-order valence-electron chi connectivity index (χ4n) is 3.75. The highest BCUT2D eigenvalue weighted by molar-refractivity contribution is 5.74. The third-order valence-electron chi connectivity index (χ3n) is 5.26. The van der Waals surface area contributed by atoms with Crippen LogP contribution >= 0.6 is 0 Å². The fraction of sp³-hybridized carbons (Fsp3) is 0.474. The fourth-order valence-corrected chi connectivity index (χ4v) is 3.75. The van der Waals surface area contributed by atoms with Gasteiger partial charge < -0.3 is 15.7 Å². The molecule has 1 aliphatic rings. The summed E-state index contributed by atoms with van der Waals surface area (Å²) in [4.78, 5) is 12.3. The molecule has 2 amide bonds. The Morgan fingerprint density at radius 2 is 2.12 bits per heavy atom. The molecular weight excluding hydrogens is 316 g/mol. The summed E-state index contributed by atoms with van der Waals surface area (Å²) in [6, 6.07) is 8.13. The first kappa shape index (κ1) is 17.5. The lowest BCUT2D eigenvalue weighted by molar-refractivity contribution is 0.171. The van der Waals surface area contributed by atoms with Crippen LogP contribution in [0.3, 0.4) is 0 Å². The lowest BCUT2D eigenvalue weighted by atomic mass is 10.0. The van der Waals surface area contributed by atoms with Crippen molar-refractivity contribution < 1.29 is 9.90 Å². The van der Waals surface area contributed by atoms with Gasteiger partial charge in [0.25, 0.3) is 0 Å². The molecule has 0 saturated carbocycles. The van der Waals surface area contributed by atoms with Crippen molar-refractivity contribution in [3.8, 4) is 0 Å². The molecule has 134 valence electrons. The molecule has 0 radical (unpaired) electrons. The first-order valence-corrected chi connectivity index (χ1v) is 8.68. The van der Waals surface area contributed by atoms with Crippen LogP contribution in [0.15, 0.2) is 24.3 Å². The van der Waals surface area contributed by atoms with Crippen molar-refractivity contribution in [2.45, 2.75) is 45.3 Å². The van der Waals surface area contributed by atoms with E-state index in [4.69, 9.17) is 0 Å². The average molecular weight is 342 g/mol. The summed E-state index contributed by atoms with van der Waals surface area (Å²) < 4.78 is 1.74. The van der Waals surface area contributed by atoms with Crippen LogP contribution in [0.4, 0.5) is 4.79 Å². The Morgan fingerprint density at radius 1 is 1.40 bits per heavy atom. The number of carbonyl (C=O) groups excluding carboxylic acids is 1. The topological polar surface area (TPSA) is 79.2 Å². The summed E-state index contributed by atoms with van der Waals surface area (Å²) in [6.07, 6.45) is 0.0753. The molecule has 2 aromatic rings. The van der Waals surface area contributed by atoms with Crippen molar-refractivity contribution in [2.24, 2.45) is 7.05 Å². The number of rotatable bonds is 4. The molecule has 25 heavy (non-hydrogen) atoms. The number of benzene rings is 1. The number of aliphatic hydroxyl groups excluding tert-OH is 1. The number of aliphatic hydroxyl groups is 1. The van der Waals surface area contributed by atoms with Crippen LogP contribution < -0.4 is 10.6 Å². The molecule has 1 aromatic carbocycles. The molecule has 0 aliphatic heterocycles. The van der Waals surface area contributed by atoms with Crippen molar-refractivity contribution >= 4 is 6.03 Å². The summed E-state index contributed by atoms with van der Waals surface area (Å²) in [6.45, 7) is 6.07. The summed E-state index contributed by atoms with van der Waals surface area (Å²) in [5.74, 6) is 0.287. The van der Waals surface area contributed by atoms with Crippen molar-refractivity contribution in [1.82, 2.24) is 20.4 Å². The predicted octanol–water partition coefficient (Wildman–Crippen LogP) is 2.10. The van der Waals surface area contributed by atoms with E-state index in [-0.39, 0.29) is 24.5 Å². The Bertz CT molecular complexity index is 784. The number of nitrogens with one attached hydrogen (secondary N) is 2. The van der Waals surface area contributed by atoms with Crippen LogP contribution in [-0.4, -0.2) is 33.5 Å². The highest BCUT2D eigenvalue weighted by atomic mass is 16.3. The van der Waals surface area contributed by atoms with Crippen molar-refractivity contribution in [3.63, 3.8) is 0 Å². The normalized spacial score (nSPS) is 20.2. The molecule has 3 rings (SSSR count). The summed E-state index contributed by atoms with van der Waals surface area (Å²) in [5.41, 5.74) is 5.07. The highest BCUT2D eigenvalue weighted by Gasteiger charge is 2.30. The van der Waals surface area contributed by atoms with Gasteiger partial charge in [0.05, 0.1) is 11.8 Å². The molecule has 1 unspecified atom stereocenters. The van der Waals surface area contributed by atoms with Gasteiger partial charge >= 0.3 is 6.03 Å². The molecule has 0 fully saturated rings. The standard InChI is InChI=1S/C19H26N4O2/c1-11-15-8-6-5-7-14(15)9-16(11)21-19(25)20-10-17(24)18-12(2)22-23(4)13(18)3/h5-8,11,16-17,24H,9-10H2,1-4H3,(H2,20,21,25)/t11-,16+,17?/m0/s1. The first-order valence-electron chi connectivity index (χ1n) is 8.68. The van der Waals surface area contributed by atoms with Gasteiger partial charge in [-0.05, 0) is 31.4 Å². The number of nitrogens with zero attached hydrogens (tertiary/aromatic N) is 2. The zero-order valence-corrected chi connectivity index (χ0v) is 15.2. The molecule has 6 heteroatoms. The maximum atomic E-state index is 12.3. The van der Waals surface area contributed by atoms with E-state index in [9.17, 15) is 9.90 Å². The molecule has 3 N–H and O–H groups in total. The molecular formula is C19H26N4O2. The molecule has 1 aromatic heterocycles. The van der Waals surface area contributed by atoms with Crippen molar-refractivity contribution in [2.75, 3.05) is 6.54 Å². The third kappa shape index (κ3) is 3.39. The first-order chi connectivity index (χ1) is 11.9. The van der Waals surface area contributed by atoms with Gasteiger partial charge in [0.1, 0.15) is 0 Å². The number of aryl methyl sites for hydroxylation is 2. The smallest absolute Gasteiger partial charge is 0.315 e. The minimum absolute atomic E-state index is 0.0800. The predicted molar refractivity (Wildman–Crippen MR) is 96.5 cm³/mol. The van der Waals surface area contributed by atoms with E-state index in [0.29, 0.717) is 0 Å². The van der Waals surface area contributed by atoms with Gasteiger partial charge in [0, 0.05) is 36.8 Å². The number of urea groups is 1. The van der Waals surface area contributed by atoms with Gasteiger partial charge in [0.2, 0.25) is 0 Å². The molecule has 0 bridgehead atoms. The minimum atomic E-state index is -0.766. The van der Waals surface area contributed by atoms with Gasteiger partial charge in [-0.1, -0.05) is 31.2 Å².